The van der Waals surface area contributed by atoms with E-state index in [4.69, 9.17) is 16.3 Å². The summed E-state index contributed by atoms with van der Waals surface area (Å²) in [6.45, 7) is 8.64. The fraction of sp³-hybridized carbons (Fsp3) is 0.812. The lowest BCUT2D eigenvalue weighted by Gasteiger charge is -2.36. The third kappa shape index (κ3) is 4.49. The second-order valence-corrected chi connectivity index (χ2v) is 5.91. The summed E-state index contributed by atoms with van der Waals surface area (Å²) in [5.41, 5.74) is 2.58. The molecule has 116 valence electrons. The van der Waals surface area contributed by atoms with Crippen LogP contribution in [0, 0.1) is 5.92 Å². The second-order valence-electron chi connectivity index (χ2n) is 5.64. The molecule has 1 atom stereocenters. The van der Waals surface area contributed by atoms with Crippen LogP contribution >= 0.6 is 11.6 Å². The maximum absolute atomic E-state index is 12.2. The highest BCUT2D eigenvalue weighted by molar-refractivity contribution is 6.27. The van der Waals surface area contributed by atoms with Crippen molar-refractivity contribution in [3.63, 3.8) is 0 Å². The molecule has 0 aliphatic heterocycles. The minimum atomic E-state index is -0.0476. The zero-order chi connectivity index (χ0) is 15.1. The number of nitrogens with zero attached hydrogens (tertiary/aromatic N) is 1. The van der Waals surface area contributed by atoms with E-state index in [0.717, 1.165) is 25.7 Å². The number of amides is 1. The van der Waals surface area contributed by atoms with E-state index in [1.165, 1.54) is 17.7 Å². The molecule has 1 rings (SSSR count). The maximum Gasteiger partial charge on any atom is 0.243 e. The van der Waals surface area contributed by atoms with Crippen molar-refractivity contribution in [2.24, 2.45) is 5.92 Å². The molecule has 0 radical (unpaired) electrons. The van der Waals surface area contributed by atoms with Crippen molar-refractivity contribution in [3.05, 3.63) is 11.3 Å². The van der Waals surface area contributed by atoms with Crippen LogP contribution in [0.3, 0.4) is 0 Å². The molecule has 0 aromatic heterocycles. The van der Waals surface area contributed by atoms with Gasteiger partial charge in [0, 0.05) is 5.70 Å². The average Bonchev–Trinajstić information content (AvgIpc) is 2.46. The molecule has 0 bridgehead atoms. The molecule has 3 nitrogen and oxygen atoms in total. The van der Waals surface area contributed by atoms with Gasteiger partial charge < -0.3 is 4.74 Å². The van der Waals surface area contributed by atoms with Crippen LogP contribution < -0.4 is 0 Å². The molecule has 0 saturated heterocycles. The van der Waals surface area contributed by atoms with Crippen LogP contribution in [0.5, 0.6) is 0 Å². The number of hydrogen-bond donors (Lipinski definition) is 0. The number of hydrogen-bond acceptors (Lipinski definition) is 2. The predicted molar refractivity (Wildman–Crippen MR) is 83.6 cm³/mol. The van der Waals surface area contributed by atoms with Gasteiger partial charge in [-0.05, 0) is 51.9 Å². The number of allylic oxidation sites excluding steroid dienone is 2. The Labute approximate surface area is 128 Å². The van der Waals surface area contributed by atoms with Gasteiger partial charge in [0.25, 0.3) is 0 Å². The van der Waals surface area contributed by atoms with Gasteiger partial charge in [-0.1, -0.05) is 19.4 Å². The Balaban J connectivity index is 3.05. The first-order chi connectivity index (χ1) is 9.54. The molecule has 1 unspecified atom stereocenters. The van der Waals surface area contributed by atoms with Gasteiger partial charge in [-0.15, -0.1) is 11.6 Å². The highest BCUT2D eigenvalue weighted by Gasteiger charge is 2.29. The van der Waals surface area contributed by atoms with Crippen molar-refractivity contribution in [3.8, 4) is 0 Å². The molecule has 0 N–H and O–H groups in total. The Morgan fingerprint density at radius 3 is 2.65 bits per heavy atom. The number of ether oxygens (including phenoxy) is 1. The normalized spacial score (nSPS) is 19.6. The predicted octanol–water partition coefficient (Wildman–Crippen LogP) is 4.31. The lowest BCUT2D eigenvalue weighted by molar-refractivity contribution is -0.133. The van der Waals surface area contributed by atoms with Crippen LogP contribution in [-0.2, 0) is 9.53 Å². The molecule has 1 amide bonds. The van der Waals surface area contributed by atoms with E-state index in [-0.39, 0.29) is 17.9 Å². The Kier molecular flexibility index (Phi) is 7.60. The van der Waals surface area contributed by atoms with Gasteiger partial charge in [-0.25, -0.2) is 0 Å². The highest BCUT2D eigenvalue weighted by Crippen LogP contribution is 2.36. The quantitative estimate of drug-likeness (QED) is 0.518. The fourth-order valence-electron chi connectivity index (χ4n) is 2.85. The molecule has 0 aromatic rings. The minimum absolute atomic E-state index is 0.0123. The molecule has 0 aromatic carbocycles. The van der Waals surface area contributed by atoms with Crippen LogP contribution in [0.15, 0.2) is 11.3 Å². The van der Waals surface area contributed by atoms with Crippen molar-refractivity contribution in [1.29, 1.82) is 0 Å². The third-order valence-electron chi connectivity index (χ3n) is 3.94. The van der Waals surface area contributed by atoms with Crippen molar-refractivity contribution in [1.82, 2.24) is 4.90 Å². The minimum Gasteiger partial charge on any atom is -0.358 e. The molecule has 4 heteroatoms. The average molecular weight is 302 g/mol. The summed E-state index contributed by atoms with van der Waals surface area (Å²) < 4.78 is 5.68. The van der Waals surface area contributed by atoms with E-state index in [1.54, 1.807) is 4.90 Å². The van der Waals surface area contributed by atoms with Crippen LogP contribution in [0.1, 0.15) is 59.8 Å². The van der Waals surface area contributed by atoms with Gasteiger partial charge in [0.05, 0.1) is 6.10 Å². The Morgan fingerprint density at radius 1 is 1.45 bits per heavy atom. The number of halogens is 1. The van der Waals surface area contributed by atoms with E-state index in [0.29, 0.717) is 12.6 Å². The topological polar surface area (TPSA) is 29.5 Å². The van der Waals surface area contributed by atoms with E-state index in [2.05, 4.69) is 13.8 Å². The zero-order valence-corrected chi connectivity index (χ0v) is 14.0. The van der Waals surface area contributed by atoms with Gasteiger partial charge in [0.15, 0.2) is 0 Å². The SMILES string of the molecule is CCC1=C(N(COC(C)C)C(=O)CCl)C(CC)CCC1. The third-order valence-corrected chi connectivity index (χ3v) is 4.17. The lowest BCUT2D eigenvalue weighted by Crippen LogP contribution is -2.38. The summed E-state index contributed by atoms with van der Waals surface area (Å²) in [5, 5.41) is 0. The monoisotopic (exact) mass is 301 g/mol. The first-order valence-corrected chi connectivity index (χ1v) is 8.28. The smallest absolute Gasteiger partial charge is 0.243 e. The van der Waals surface area contributed by atoms with Gasteiger partial charge in [-0.3, -0.25) is 9.69 Å². The Hall–Kier alpha value is -0.540. The molecule has 0 saturated carbocycles. The van der Waals surface area contributed by atoms with Gasteiger partial charge in [-0.2, -0.15) is 0 Å². The summed E-state index contributed by atoms with van der Waals surface area (Å²) in [6.07, 6.45) is 5.64. The molecule has 20 heavy (non-hydrogen) atoms. The molecule has 0 spiro atoms. The number of rotatable bonds is 7. The second kappa shape index (κ2) is 8.68. The van der Waals surface area contributed by atoms with Gasteiger partial charge in [0.2, 0.25) is 5.91 Å². The lowest BCUT2D eigenvalue weighted by atomic mass is 9.83. The van der Waals surface area contributed by atoms with Crippen LogP contribution in [0.4, 0.5) is 0 Å². The van der Waals surface area contributed by atoms with Gasteiger partial charge >= 0.3 is 0 Å². The van der Waals surface area contributed by atoms with Crippen LogP contribution in [-0.4, -0.2) is 29.5 Å². The number of carbonyl (C=O) groups excluding carboxylic acids is 1. The standard InChI is InChI=1S/C16H28ClNO2/c1-5-13-8-7-9-14(6-2)16(13)18(15(19)10-17)11-20-12(3)4/h12-13H,5-11H2,1-4H3. The van der Waals surface area contributed by atoms with Crippen LogP contribution in [0.25, 0.3) is 0 Å². The Morgan fingerprint density at radius 2 is 2.15 bits per heavy atom. The van der Waals surface area contributed by atoms with Crippen molar-refractivity contribution >= 4 is 17.5 Å². The highest BCUT2D eigenvalue weighted by atomic mass is 35.5. The van der Waals surface area contributed by atoms with E-state index in [9.17, 15) is 4.79 Å². The summed E-state index contributed by atoms with van der Waals surface area (Å²) >= 11 is 5.79. The molecular weight excluding hydrogens is 274 g/mol. The zero-order valence-electron chi connectivity index (χ0n) is 13.2. The Bertz CT molecular complexity index is 352. The summed E-state index contributed by atoms with van der Waals surface area (Å²) in [7, 11) is 0. The molecular formula is C16H28ClNO2. The number of alkyl halides is 1. The van der Waals surface area contributed by atoms with Crippen molar-refractivity contribution in [2.75, 3.05) is 12.6 Å². The van der Waals surface area contributed by atoms with Crippen molar-refractivity contribution in [2.45, 2.75) is 65.9 Å². The molecule has 0 fully saturated rings. The molecule has 0 heterocycles. The van der Waals surface area contributed by atoms with Crippen molar-refractivity contribution < 1.29 is 9.53 Å². The van der Waals surface area contributed by atoms with E-state index >= 15 is 0 Å². The first-order valence-electron chi connectivity index (χ1n) is 7.74. The fourth-order valence-corrected chi connectivity index (χ4v) is 3.00. The molecule has 1 aliphatic rings. The largest absolute Gasteiger partial charge is 0.358 e. The van der Waals surface area contributed by atoms with E-state index < -0.39 is 0 Å². The summed E-state index contributed by atoms with van der Waals surface area (Å²) in [4.78, 5) is 14.0. The van der Waals surface area contributed by atoms with Gasteiger partial charge in [0.1, 0.15) is 12.6 Å². The number of carbonyl (C=O) groups is 1. The maximum atomic E-state index is 12.2. The molecule has 1 aliphatic carbocycles. The summed E-state index contributed by atoms with van der Waals surface area (Å²) in [6, 6.07) is 0. The van der Waals surface area contributed by atoms with E-state index in [1.807, 2.05) is 13.8 Å². The first kappa shape index (κ1) is 17.5. The van der Waals surface area contributed by atoms with Crippen LogP contribution in [0.2, 0.25) is 0 Å². The summed E-state index contributed by atoms with van der Waals surface area (Å²) in [5.74, 6) is 0.425.